The summed E-state index contributed by atoms with van der Waals surface area (Å²) in [4.78, 5) is 5.28. The number of nitrogens with zero attached hydrogens (tertiary/aromatic N) is 4. The largest absolute Gasteiger partial charge is 0.380 e. The highest BCUT2D eigenvalue weighted by molar-refractivity contribution is 4.85. The topological polar surface area (TPSA) is 61.2 Å². The van der Waals surface area contributed by atoms with Gasteiger partial charge in [0.05, 0.1) is 13.2 Å². The van der Waals surface area contributed by atoms with Gasteiger partial charge >= 0.3 is 0 Å². The first-order valence-corrected chi connectivity index (χ1v) is 6.24. The maximum atomic E-state index is 8.30. The van der Waals surface area contributed by atoms with Gasteiger partial charge in [-0.3, -0.25) is 4.90 Å². The van der Waals surface area contributed by atoms with Gasteiger partial charge in [0.15, 0.2) is 0 Å². The van der Waals surface area contributed by atoms with Crippen molar-refractivity contribution >= 4 is 0 Å². The Balaban J connectivity index is 1.94. The third kappa shape index (κ3) is 2.88. The van der Waals surface area contributed by atoms with Crippen LogP contribution < -0.4 is 0 Å². The van der Waals surface area contributed by atoms with Crippen LogP contribution in [0.4, 0.5) is 0 Å². The Hall–Kier alpha value is -0.770. The molecule has 0 bridgehead atoms. The number of ether oxygens (including phenoxy) is 1. The van der Waals surface area contributed by atoms with Crippen molar-refractivity contribution < 1.29 is 4.74 Å². The van der Waals surface area contributed by atoms with Crippen molar-refractivity contribution in [1.82, 2.24) is 4.90 Å². The summed E-state index contributed by atoms with van der Waals surface area (Å²) in [6.45, 7) is 4.20. The normalized spacial score (nSPS) is 31.2. The molecule has 1 heterocycles. The number of azide groups is 1. The Bertz CT molecular complexity index is 265. The van der Waals surface area contributed by atoms with Crippen molar-refractivity contribution in [2.75, 3.05) is 32.8 Å². The van der Waals surface area contributed by atoms with E-state index in [4.69, 9.17) is 10.3 Å². The molecule has 90 valence electrons. The van der Waals surface area contributed by atoms with Gasteiger partial charge in [-0.1, -0.05) is 18.0 Å². The minimum absolute atomic E-state index is 0.583. The van der Waals surface area contributed by atoms with Crippen LogP contribution in [0.25, 0.3) is 10.4 Å². The molecular formula is C11H20N4O. The van der Waals surface area contributed by atoms with Crippen molar-refractivity contribution in [3.8, 4) is 0 Å². The van der Waals surface area contributed by atoms with Crippen molar-refractivity contribution in [2.45, 2.75) is 31.7 Å². The second-order valence-corrected chi connectivity index (χ2v) is 4.68. The molecule has 0 aromatic carbocycles. The third-order valence-corrected chi connectivity index (χ3v) is 3.74. The lowest BCUT2D eigenvalue weighted by molar-refractivity contribution is 0.0948. The Morgan fingerprint density at radius 2 is 2.25 bits per heavy atom. The van der Waals surface area contributed by atoms with Gasteiger partial charge in [-0.05, 0) is 24.3 Å². The lowest BCUT2D eigenvalue weighted by Gasteiger charge is -2.37. The van der Waals surface area contributed by atoms with Crippen molar-refractivity contribution in [3.05, 3.63) is 10.4 Å². The first-order chi connectivity index (χ1) is 7.92. The second-order valence-electron chi connectivity index (χ2n) is 4.68. The van der Waals surface area contributed by atoms with E-state index in [0.29, 0.717) is 18.5 Å². The van der Waals surface area contributed by atoms with Crippen molar-refractivity contribution in [3.63, 3.8) is 0 Å². The van der Waals surface area contributed by atoms with Crippen molar-refractivity contribution in [1.29, 1.82) is 0 Å². The zero-order valence-electron chi connectivity index (χ0n) is 9.72. The van der Waals surface area contributed by atoms with Crippen LogP contribution in [0, 0.1) is 5.92 Å². The Labute approximate surface area is 96.4 Å². The van der Waals surface area contributed by atoms with Gasteiger partial charge in [-0.15, -0.1) is 0 Å². The summed E-state index contributed by atoms with van der Waals surface area (Å²) in [6, 6.07) is 0.658. The van der Waals surface area contributed by atoms with Gasteiger partial charge in [-0.2, -0.15) is 0 Å². The molecule has 2 aliphatic rings. The van der Waals surface area contributed by atoms with Gasteiger partial charge in [0.1, 0.15) is 0 Å². The highest BCUT2D eigenvalue weighted by Gasteiger charge is 2.31. The van der Waals surface area contributed by atoms with E-state index in [-0.39, 0.29) is 0 Å². The maximum Gasteiger partial charge on any atom is 0.0593 e. The van der Waals surface area contributed by atoms with E-state index in [2.05, 4.69) is 14.9 Å². The summed E-state index contributed by atoms with van der Waals surface area (Å²) < 4.78 is 5.66. The van der Waals surface area contributed by atoms with Crippen LogP contribution in [0.1, 0.15) is 25.7 Å². The molecule has 1 saturated heterocycles. The molecule has 0 aromatic rings. The van der Waals surface area contributed by atoms with Crippen LogP contribution in [-0.4, -0.2) is 43.8 Å². The monoisotopic (exact) mass is 224 g/mol. The first-order valence-electron chi connectivity index (χ1n) is 6.24. The minimum atomic E-state index is 0.583. The predicted octanol–water partition coefficient (Wildman–Crippen LogP) is 2.19. The molecule has 5 heteroatoms. The maximum absolute atomic E-state index is 8.30. The van der Waals surface area contributed by atoms with Crippen LogP contribution in [0.5, 0.6) is 0 Å². The standard InChI is InChI=1S/C11H20N4O/c12-14-13-5-6-15-7-8-16-9-10-3-1-2-4-11(10)15/h10-11H,1-9H2. The van der Waals surface area contributed by atoms with Gasteiger partial charge in [0.25, 0.3) is 0 Å². The van der Waals surface area contributed by atoms with Crippen LogP contribution in [-0.2, 0) is 4.74 Å². The van der Waals surface area contributed by atoms with Crippen LogP contribution in [0.15, 0.2) is 5.11 Å². The molecule has 2 unspecified atom stereocenters. The molecule has 2 fully saturated rings. The molecule has 2 rings (SSSR count). The average Bonchev–Trinajstić information content (AvgIpc) is 2.52. The Morgan fingerprint density at radius 3 is 3.12 bits per heavy atom. The van der Waals surface area contributed by atoms with E-state index in [1.807, 2.05) is 0 Å². The zero-order chi connectivity index (χ0) is 11.2. The summed E-state index contributed by atoms with van der Waals surface area (Å²) >= 11 is 0. The van der Waals surface area contributed by atoms with Crippen LogP contribution in [0.2, 0.25) is 0 Å². The Morgan fingerprint density at radius 1 is 1.38 bits per heavy atom. The third-order valence-electron chi connectivity index (χ3n) is 3.74. The fourth-order valence-corrected chi connectivity index (χ4v) is 2.94. The van der Waals surface area contributed by atoms with E-state index >= 15 is 0 Å². The summed E-state index contributed by atoms with van der Waals surface area (Å²) in [7, 11) is 0. The molecule has 0 aromatic heterocycles. The number of hydrogen-bond acceptors (Lipinski definition) is 3. The molecule has 16 heavy (non-hydrogen) atoms. The smallest absolute Gasteiger partial charge is 0.0593 e. The van der Waals surface area contributed by atoms with E-state index in [9.17, 15) is 0 Å². The van der Waals surface area contributed by atoms with Gasteiger partial charge < -0.3 is 4.74 Å². The summed E-state index contributed by atoms with van der Waals surface area (Å²) in [5.41, 5.74) is 8.30. The molecule has 0 amide bonds. The van der Waals surface area contributed by atoms with E-state index in [0.717, 1.165) is 26.3 Å². The highest BCUT2D eigenvalue weighted by atomic mass is 16.5. The second kappa shape index (κ2) is 6.09. The summed E-state index contributed by atoms with van der Waals surface area (Å²) in [5, 5.41) is 3.63. The van der Waals surface area contributed by atoms with Gasteiger partial charge in [0, 0.05) is 30.6 Å². The zero-order valence-corrected chi connectivity index (χ0v) is 9.72. The quantitative estimate of drug-likeness (QED) is 0.419. The van der Waals surface area contributed by atoms with Gasteiger partial charge in [-0.25, -0.2) is 0 Å². The molecule has 2 atom stereocenters. The molecule has 1 aliphatic carbocycles. The van der Waals surface area contributed by atoms with Crippen LogP contribution >= 0.6 is 0 Å². The van der Waals surface area contributed by atoms with Crippen LogP contribution in [0.3, 0.4) is 0 Å². The molecule has 1 aliphatic heterocycles. The minimum Gasteiger partial charge on any atom is -0.380 e. The number of fused-ring (bicyclic) bond motifs is 1. The van der Waals surface area contributed by atoms with E-state index in [1.54, 1.807) is 0 Å². The molecular weight excluding hydrogens is 204 g/mol. The van der Waals surface area contributed by atoms with Crippen molar-refractivity contribution in [2.24, 2.45) is 11.0 Å². The SMILES string of the molecule is [N-]=[N+]=NCCN1CCOCC2CCCCC21. The summed E-state index contributed by atoms with van der Waals surface area (Å²) in [6.07, 6.45) is 5.25. The lowest BCUT2D eigenvalue weighted by atomic mass is 9.84. The lowest BCUT2D eigenvalue weighted by Crippen LogP contribution is -2.43. The molecule has 0 radical (unpaired) electrons. The number of rotatable bonds is 3. The summed E-state index contributed by atoms with van der Waals surface area (Å²) in [5.74, 6) is 0.697. The van der Waals surface area contributed by atoms with E-state index < -0.39 is 0 Å². The molecule has 0 spiro atoms. The Kier molecular flexibility index (Phi) is 4.45. The number of hydrogen-bond donors (Lipinski definition) is 0. The molecule has 0 N–H and O–H groups in total. The first kappa shape index (κ1) is 11.7. The molecule has 1 saturated carbocycles. The molecule has 5 nitrogen and oxygen atoms in total. The fraction of sp³-hybridized carbons (Fsp3) is 1.00. The fourth-order valence-electron chi connectivity index (χ4n) is 2.94. The predicted molar refractivity (Wildman–Crippen MR) is 62.2 cm³/mol. The van der Waals surface area contributed by atoms with Gasteiger partial charge in [0.2, 0.25) is 0 Å². The highest BCUT2D eigenvalue weighted by Crippen LogP contribution is 2.30. The van der Waals surface area contributed by atoms with E-state index in [1.165, 1.54) is 25.7 Å². The average molecular weight is 224 g/mol.